The Kier molecular flexibility index (Phi) is 3.62. The number of pyridine rings is 1. The summed E-state index contributed by atoms with van der Waals surface area (Å²) in [5, 5.41) is 9.52. The first-order chi connectivity index (χ1) is 7.81. The van der Waals surface area contributed by atoms with Gasteiger partial charge in [0.05, 0.1) is 12.7 Å². The van der Waals surface area contributed by atoms with Gasteiger partial charge in [-0.15, -0.1) is 0 Å². The standard InChI is InChI=1S/C12H18N2O2/c1-2-8-16-11-4-3-6-13-12(11)14-7-5-10(15)9-14/h3-4,6,10,15H,2,5,7-9H2,1H3/t10-/m1/s1. The number of hydrogen-bond acceptors (Lipinski definition) is 4. The molecule has 1 aliphatic heterocycles. The van der Waals surface area contributed by atoms with E-state index in [0.717, 1.165) is 31.0 Å². The average Bonchev–Trinajstić information content (AvgIpc) is 2.73. The number of rotatable bonds is 4. The van der Waals surface area contributed by atoms with Gasteiger partial charge in [0.1, 0.15) is 0 Å². The topological polar surface area (TPSA) is 45.6 Å². The van der Waals surface area contributed by atoms with Gasteiger partial charge in [0.25, 0.3) is 0 Å². The molecular weight excluding hydrogens is 204 g/mol. The molecule has 0 radical (unpaired) electrons. The van der Waals surface area contributed by atoms with Gasteiger partial charge in [0, 0.05) is 19.3 Å². The van der Waals surface area contributed by atoms with Crippen LogP contribution in [0.15, 0.2) is 18.3 Å². The van der Waals surface area contributed by atoms with Crippen LogP contribution in [0.4, 0.5) is 5.82 Å². The minimum absolute atomic E-state index is 0.235. The normalized spacial score (nSPS) is 20.1. The van der Waals surface area contributed by atoms with E-state index in [2.05, 4.69) is 16.8 Å². The van der Waals surface area contributed by atoms with Crippen LogP contribution in [0.3, 0.4) is 0 Å². The van der Waals surface area contributed by atoms with Crippen molar-refractivity contribution >= 4 is 5.82 Å². The molecule has 1 saturated heterocycles. The summed E-state index contributed by atoms with van der Waals surface area (Å²) in [6.45, 7) is 4.28. The van der Waals surface area contributed by atoms with Crippen LogP contribution in [-0.4, -0.2) is 35.9 Å². The quantitative estimate of drug-likeness (QED) is 0.837. The Balaban J connectivity index is 2.12. The van der Waals surface area contributed by atoms with Crippen molar-refractivity contribution in [3.63, 3.8) is 0 Å². The highest BCUT2D eigenvalue weighted by atomic mass is 16.5. The Morgan fingerprint density at radius 2 is 2.50 bits per heavy atom. The summed E-state index contributed by atoms with van der Waals surface area (Å²) in [4.78, 5) is 6.42. The molecule has 88 valence electrons. The third-order valence-electron chi connectivity index (χ3n) is 2.68. The molecule has 0 spiro atoms. The van der Waals surface area contributed by atoms with Crippen molar-refractivity contribution in [1.82, 2.24) is 4.98 Å². The summed E-state index contributed by atoms with van der Waals surface area (Å²) in [7, 11) is 0. The third kappa shape index (κ3) is 2.44. The smallest absolute Gasteiger partial charge is 0.171 e. The average molecular weight is 222 g/mol. The van der Waals surface area contributed by atoms with E-state index in [1.165, 1.54) is 0 Å². The van der Waals surface area contributed by atoms with Crippen molar-refractivity contribution in [2.75, 3.05) is 24.6 Å². The number of aromatic nitrogens is 1. The Bertz CT molecular complexity index is 344. The molecule has 4 heteroatoms. The minimum atomic E-state index is -0.235. The van der Waals surface area contributed by atoms with Gasteiger partial charge >= 0.3 is 0 Å². The lowest BCUT2D eigenvalue weighted by Crippen LogP contribution is -2.23. The van der Waals surface area contributed by atoms with E-state index >= 15 is 0 Å². The maximum absolute atomic E-state index is 9.52. The molecule has 4 nitrogen and oxygen atoms in total. The van der Waals surface area contributed by atoms with Crippen molar-refractivity contribution in [3.8, 4) is 5.75 Å². The van der Waals surface area contributed by atoms with E-state index in [1.54, 1.807) is 6.20 Å². The summed E-state index contributed by atoms with van der Waals surface area (Å²) in [5.74, 6) is 1.67. The number of β-amino-alcohol motifs (C(OH)–C–C–N with tert-alkyl or cyclic N) is 1. The maximum atomic E-state index is 9.52. The fourth-order valence-corrected chi connectivity index (χ4v) is 1.88. The summed E-state index contributed by atoms with van der Waals surface area (Å²) < 4.78 is 5.65. The van der Waals surface area contributed by atoms with Gasteiger partial charge in [-0.1, -0.05) is 6.92 Å². The largest absolute Gasteiger partial charge is 0.490 e. The van der Waals surface area contributed by atoms with E-state index in [0.29, 0.717) is 13.2 Å². The number of aliphatic hydroxyl groups is 1. The second kappa shape index (κ2) is 5.16. The lowest BCUT2D eigenvalue weighted by Gasteiger charge is -2.19. The maximum Gasteiger partial charge on any atom is 0.171 e. The van der Waals surface area contributed by atoms with Crippen LogP contribution in [0.1, 0.15) is 19.8 Å². The molecule has 0 unspecified atom stereocenters. The fourth-order valence-electron chi connectivity index (χ4n) is 1.88. The SMILES string of the molecule is CCCOc1cccnc1N1CC[C@@H](O)C1. The molecule has 0 aliphatic carbocycles. The second-order valence-electron chi connectivity index (χ2n) is 4.06. The molecule has 1 aromatic heterocycles. The summed E-state index contributed by atoms with van der Waals surface area (Å²) in [5.41, 5.74) is 0. The van der Waals surface area contributed by atoms with Crippen molar-refractivity contribution in [2.24, 2.45) is 0 Å². The molecule has 1 aliphatic rings. The second-order valence-corrected chi connectivity index (χ2v) is 4.06. The zero-order valence-electron chi connectivity index (χ0n) is 9.59. The van der Waals surface area contributed by atoms with Crippen molar-refractivity contribution < 1.29 is 9.84 Å². The molecule has 16 heavy (non-hydrogen) atoms. The molecular formula is C12H18N2O2. The van der Waals surface area contributed by atoms with Crippen LogP contribution >= 0.6 is 0 Å². The van der Waals surface area contributed by atoms with Gasteiger partial charge in [-0.25, -0.2) is 4.98 Å². The van der Waals surface area contributed by atoms with Crippen LogP contribution < -0.4 is 9.64 Å². The van der Waals surface area contributed by atoms with Crippen LogP contribution in [0, 0.1) is 0 Å². The number of aliphatic hydroxyl groups excluding tert-OH is 1. The van der Waals surface area contributed by atoms with Crippen LogP contribution in [0.5, 0.6) is 5.75 Å². The molecule has 2 heterocycles. The number of hydrogen-bond donors (Lipinski definition) is 1. The molecule has 1 atom stereocenters. The van der Waals surface area contributed by atoms with Crippen LogP contribution in [0.2, 0.25) is 0 Å². The summed E-state index contributed by atoms with van der Waals surface area (Å²) in [6, 6.07) is 3.81. The van der Waals surface area contributed by atoms with E-state index in [-0.39, 0.29) is 6.10 Å². The van der Waals surface area contributed by atoms with Gasteiger partial charge in [0.15, 0.2) is 11.6 Å². The van der Waals surface area contributed by atoms with Crippen molar-refractivity contribution in [1.29, 1.82) is 0 Å². The molecule has 2 rings (SSSR count). The Morgan fingerprint density at radius 1 is 1.62 bits per heavy atom. The van der Waals surface area contributed by atoms with Gasteiger partial charge in [-0.3, -0.25) is 0 Å². The molecule has 0 aromatic carbocycles. The van der Waals surface area contributed by atoms with Crippen LogP contribution in [0.25, 0.3) is 0 Å². The van der Waals surface area contributed by atoms with Crippen LogP contribution in [-0.2, 0) is 0 Å². The Hall–Kier alpha value is -1.29. The lowest BCUT2D eigenvalue weighted by molar-refractivity contribution is 0.198. The first kappa shape index (κ1) is 11.2. The van der Waals surface area contributed by atoms with E-state index in [9.17, 15) is 5.11 Å². The predicted octanol–water partition coefficient (Wildman–Crippen LogP) is 1.44. The summed E-state index contributed by atoms with van der Waals surface area (Å²) >= 11 is 0. The van der Waals surface area contributed by atoms with Crippen molar-refractivity contribution in [3.05, 3.63) is 18.3 Å². The molecule has 0 bridgehead atoms. The highest BCUT2D eigenvalue weighted by Gasteiger charge is 2.23. The van der Waals surface area contributed by atoms with Gasteiger partial charge in [0.2, 0.25) is 0 Å². The predicted molar refractivity (Wildman–Crippen MR) is 62.9 cm³/mol. The van der Waals surface area contributed by atoms with E-state index in [4.69, 9.17) is 4.74 Å². The van der Waals surface area contributed by atoms with Crippen molar-refractivity contribution in [2.45, 2.75) is 25.9 Å². The van der Waals surface area contributed by atoms with E-state index in [1.807, 2.05) is 12.1 Å². The molecule has 0 amide bonds. The first-order valence-corrected chi connectivity index (χ1v) is 5.82. The zero-order valence-corrected chi connectivity index (χ0v) is 9.59. The number of ether oxygens (including phenoxy) is 1. The van der Waals surface area contributed by atoms with Gasteiger partial charge in [-0.05, 0) is 25.0 Å². The number of anilines is 1. The molecule has 1 aromatic rings. The summed E-state index contributed by atoms with van der Waals surface area (Å²) in [6.07, 6.45) is 3.32. The minimum Gasteiger partial charge on any atom is -0.490 e. The lowest BCUT2D eigenvalue weighted by atomic mass is 10.3. The molecule has 1 N–H and O–H groups in total. The Labute approximate surface area is 95.9 Å². The van der Waals surface area contributed by atoms with E-state index < -0.39 is 0 Å². The highest BCUT2D eigenvalue weighted by molar-refractivity contribution is 5.52. The Morgan fingerprint density at radius 3 is 3.19 bits per heavy atom. The molecule has 1 fully saturated rings. The third-order valence-corrected chi connectivity index (χ3v) is 2.68. The zero-order chi connectivity index (χ0) is 11.4. The first-order valence-electron chi connectivity index (χ1n) is 5.82. The number of nitrogens with zero attached hydrogens (tertiary/aromatic N) is 2. The van der Waals surface area contributed by atoms with Gasteiger partial charge < -0.3 is 14.7 Å². The monoisotopic (exact) mass is 222 g/mol. The molecule has 0 saturated carbocycles. The van der Waals surface area contributed by atoms with Gasteiger partial charge in [-0.2, -0.15) is 0 Å². The highest BCUT2D eigenvalue weighted by Crippen LogP contribution is 2.28. The fraction of sp³-hybridized carbons (Fsp3) is 0.583.